The second kappa shape index (κ2) is 6.74. The lowest BCUT2D eigenvalue weighted by Gasteiger charge is -2.09. The highest BCUT2D eigenvalue weighted by molar-refractivity contribution is 5.37. The molecule has 3 heteroatoms. The molecule has 0 spiro atoms. The van der Waals surface area contributed by atoms with Gasteiger partial charge in [-0.25, -0.2) is 0 Å². The summed E-state index contributed by atoms with van der Waals surface area (Å²) in [6.07, 6.45) is 0.859. The molecule has 3 nitrogen and oxygen atoms in total. The van der Waals surface area contributed by atoms with Crippen LogP contribution in [-0.4, -0.2) is 6.04 Å². The molecule has 0 radical (unpaired) electrons. The van der Waals surface area contributed by atoms with E-state index in [0.717, 1.165) is 17.7 Å². The van der Waals surface area contributed by atoms with Gasteiger partial charge in [-0.3, -0.25) is 0 Å². The van der Waals surface area contributed by atoms with Crippen molar-refractivity contribution in [3.8, 4) is 11.8 Å². The fourth-order valence-corrected chi connectivity index (χ4v) is 2.01. The lowest BCUT2D eigenvalue weighted by molar-refractivity contribution is 0.306. The molecule has 0 fully saturated rings. The van der Waals surface area contributed by atoms with Gasteiger partial charge in [0.05, 0.1) is 11.6 Å². The molecule has 2 aromatic carbocycles. The van der Waals surface area contributed by atoms with E-state index < -0.39 is 0 Å². The minimum atomic E-state index is 0.157. The monoisotopic (exact) mass is 266 g/mol. The first-order valence-electron chi connectivity index (χ1n) is 6.64. The molecule has 0 amide bonds. The number of hydrogen-bond acceptors (Lipinski definition) is 3. The molecule has 0 aliphatic carbocycles. The zero-order valence-electron chi connectivity index (χ0n) is 11.5. The number of nitrogens with zero attached hydrogens (tertiary/aromatic N) is 1. The highest BCUT2D eigenvalue weighted by Crippen LogP contribution is 2.16. The summed E-state index contributed by atoms with van der Waals surface area (Å²) in [5.41, 5.74) is 8.52. The first kappa shape index (κ1) is 14.1. The van der Waals surface area contributed by atoms with E-state index in [4.69, 9.17) is 15.7 Å². The van der Waals surface area contributed by atoms with Gasteiger partial charge in [0.2, 0.25) is 0 Å². The molecule has 0 heterocycles. The van der Waals surface area contributed by atoms with Crippen LogP contribution in [0, 0.1) is 11.3 Å². The van der Waals surface area contributed by atoms with Crippen molar-refractivity contribution in [1.29, 1.82) is 5.26 Å². The first-order chi connectivity index (χ1) is 9.69. The molecule has 2 rings (SSSR count). The van der Waals surface area contributed by atoms with E-state index in [1.165, 1.54) is 5.56 Å². The molecule has 0 saturated heterocycles. The Morgan fingerprint density at radius 1 is 1.15 bits per heavy atom. The lowest BCUT2D eigenvalue weighted by atomic mass is 10.1. The van der Waals surface area contributed by atoms with E-state index in [-0.39, 0.29) is 6.04 Å². The molecule has 20 heavy (non-hydrogen) atoms. The van der Waals surface area contributed by atoms with E-state index in [9.17, 15) is 0 Å². The summed E-state index contributed by atoms with van der Waals surface area (Å²) in [4.78, 5) is 0. The summed E-state index contributed by atoms with van der Waals surface area (Å²) >= 11 is 0. The van der Waals surface area contributed by atoms with Crippen LogP contribution in [0.5, 0.6) is 5.75 Å². The Balaban J connectivity index is 1.99. The summed E-state index contributed by atoms with van der Waals surface area (Å²) in [5, 5.41) is 9.02. The minimum absolute atomic E-state index is 0.157. The third-order valence-electron chi connectivity index (χ3n) is 3.01. The second-order valence-electron chi connectivity index (χ2n) is 4.88. The van der Waals surface area contributed by atoms with Gasteiger partial charge in [0, 0.05) is 11.6 Å². The van der Waals surface area contributed by atoms with Crippen molar-refractivity contribution in [3.63, 3.8) is 0 Å². The molecule has 0 aliphatic rings. The zero-order chi connectivity index (χ0) is 14.4. The summed E-state index contributed by atoms with van der Waals surface area (Å²) in [6.45, 7) is 2.39. The van der Waals surface area contributed by atoms with Gasteiger partial charge in [-0.2, -0.15) is 5.26 Å². The van der Waals surface area contributed by atoms with Gasteiger partial charge in [-0.1, -0.05) is 30.3 Å². The topological polar surface area (TPSA) is 59.0 Å². The van der Waals surface area contributed by atoms with Crippen molar-refractivity contribution in [2.75, 3.05) is 0 Å². The fraction of sp³-hybridized carbons (Fsp3) is 0.235. The van der Waals surface area contributed by atoms with Crippen molar-refractivity contribution in [2.24, 2.45) is 5.73 Å². The predicted octanol–water partition coefficient (Wildman–Crippen LogP) is 3.03. The van der Waals surface area contributed by atoms with Crippen LogP contribution in [0.2, 0.25) is 0 Å². The number of nitrogens with two attached hydrogens (primary N) is 1. The molecule has 102 valence electrons. The number of rotatable bonds is 5. The van der Waals surface area contributed by atoms with E-state index >= 15 is 0 Å². The minimum Gasteiger partial charge on any atom is -0.489 e. The normalized spacial score (nSPS) is 11.7. The summed E-state index contributed by atoms with van der Waals surface area (Å²) in [7, 11) is 0. The Kier molecular flexibility index (Phi) is 4.75. The highest BCUT2D eigenvalue weighted by Gasteiger charge is 2.02. The number of ether oxygens (including phenoxy) is 1. The third-order valence-corrected chi connectivity index (χ3v) is 3.01. The molecule has 0 bridgehead atoms. The van der Waals surface area contributed by atoms with Crippen LogP contribution in [0.15, 0.2) is 48.5 Å². The Labute approximate surface area is 119 Å². The Hall–Kier alpha value is -2.31. The van der Waals surface area contributed by atoms with Crippen LogP contribution < -0.4 is 10.5 Å². The average Bonchev–Trinajstić information content (AvgIpc) is 2.46. The van der Waals surface area contributed by atoms with Gasteiger partial charge < -0.3 is 10.5 Å². The average molecular weight is 266 g/mol. The molecule has 0 saturated carbocycles. The number of hydrogen-bond donors (Lipinski definition) is 1. The molecular weight excluding hydrogens is 248 g/mol. The highest BCUT2D eigenvalue weighted by atomic mass is 16.5. The Morgan fingerprint density at radius 3 is 2.50 bits per heavy atom. The third kappa shape index (κ3) is 3.84. The standard InChI is InChI=1S/C17H18N2O/c1-13(19)10-14-6-8-17(9-7-14)20-12-16-5-3-2-4-15(16)11-18/h2-9,13H,10,12,19H2,1H3. The van der Waals surface area contributed by atoms with Crippen LogP contribution >= 0.6 is 0 Å². The van der Waals surface area contributed by atoms with Crippen LogP contribution in [0.3, 0.4) is 0 Å². The quantitative estimate of drug-likeness (QED) is 0.905. The Bertz CT molecular complexity index is 597. The maximum absolute atomic E-state index is 9.02. The van der Waals surface area contributed by atoms with Crippen molar-refractivity contribution in [1.82, 2.24) is 0 Å². The number of nitriles is 1. The Morgan fingerprint density at radius 2 is 1.85 bits per heavy atom. The zero-order valence-corrected chi connectivity index (χ0v) is 11.5. The van der Waals surface area contributed by atoms with Crippen molar-refractivity contribution >= 4 is 0 Å². The summed E-state index contributed by atoms with van der Waals surface area (Å²) < 4.78 is 5.71. The van der Waals surface area contributed by atoms with Gasteiger partial charge in [0.15, 0.2) is 0 Å². The molecule has 2 N–H and O–H groups in total. The van der Waals surface area contributed by atoms with Gasteiger partial charge in [0.1, 0.15) is 12.4 Å². The molecular formula is C17H18N2O. The fourth-order valence-electron chi connectivity index (χ4n) is 2.01. The summed E-state index contributed by atoms with van der Waals surface area (Å²) in [6, 6.07) is 17.7. The molecule has 1 atom stereocenters. The lowest BCUT2D eigenvalue weighted by Crippen LogP contribution is -2.17. The summed E-state index contributed by atoms with van der Waals surface area (Å²) in [5.74, 6) is 0.797. The van der Waals surface area contributed by atoms with Crippen LogP contribution in [0.25, 0.3) is 0 Å². The molecule has 0 aliphatic heterocycles. The van der Waals surface area contributed by atoms with Crippen LogP contribution in [0.1, 0.15) is 23.6 Å². The smallest absolute Gasteiger partial charge is 0.119 e. The first-order valence-corrected chi connectivity index (χ1v) is 6.64. The SMILES string of the molecule is CC(N)Cc1ccc(OCc2ccccc2C#N)cc1. The van der Waals surface area contributed by atoms with Crippen molar-refractivity contribution in [3.05, 3.63) is 65.2 Å². The van der Waals surface area contributed by atoms with E-state index in [1.54, 1.807) is 6.07 Å². The number of benzene rings is 2. The van der Waals surface area contributed by atoms with Gasteiger partial charge in [-0.15, -0.1) is 0 Å². The maximum atomic E-state index is 9.02. The molecule has 1 unspecified atom stereocenters. The molecule has 0 aromatic heterocycles. The second-order valence-corrected chi connectivity index (χ2v) is 4.88. The maximum Gasteiger partial charge on any atom is 0.119 e. The van der Waals surface area contributed by atoms with E-state index in [2.05, 4.69) is 6.07 Å². The molecule has 2 aromatic rings. The van der Waals surface area contributed by atoms with Gasteiger partial charge in [0.25, 0.3) is 0 Å². The van der Waals surface area contributed by atoms with Crippen molar-refractivity contribution < 1.29 is 4.74 Å². The van der Waals surface area contributed by atoms with Gasteiger partial charge >= 0.3 is 0 Å². The van der Waals surface area contributed by atoms with Crippen LogP contribution in [0.4, 0.5) is 0 Å². The van der Waals surface area contributed by atoms with E-state index in [0.29, 0.717) is 12.2 Å². The predicted molar refractivity (Wildman–Crippen MR) is 79.3 cm³/mol. The van der Waals surface area contributed by atoms with Crippen LogP contribution in [-0.2, 0) is 13.0 Å². The van der Waals surface area contributed by atoms with Crippen molar-refractivity contribution in [2.45, 2.75) is 26.0 Å². The van der Waals surface area contributed by atoms with E-state index in [1.807, 2.05) is 49.4 Å². The largest absolute Gasteiger partial charge is 0.489 e. The van der Waals surface area contributed by atoms with Gasteiger partial charge in [-0.05, 0) is 37.1 Å².